The quantitative estimate of drug-likeness (QED) is 0.218. The average molecular weight is 535 g/mol. The maximum atomic E-state index is 13.3. The lowest BCUT2D eigenvalue weighted by Crippen LogP contribution is -2.40. The molecule has 0 radical (unpaired) electrons. The summed E-state index contributed by atoms with van der Waals surface area (Å²) in [4.78, 5) is 1.84. The summed E-state index contributed by atoms with van der Waals surface area (Å²) in [6.45, 7) is -1.21. The number of benzene rings is 3. The summed E-state index contributed by atoms with van der Waals surface area (Å²) in [5, 5.41) is 9.68. The molecule has 0 aromatic heterocycles. The largest absolute Gasteiger partial charge is 0.461 e. The van der Waals surface area contributed by atoms with Gasteiger partial charge in [-0.3, -0.25) is 0 Å². The van der Waals surface area contributed by atoms with Gasteiger partial charge in [0.05, 0.1) is 6.54 Å². The number of nitrogens with zero attached hydrogens (tertiary/aromatic N) is 1. The molecule has 3 rings (SSSR count). The van der Waals surface area contributed by atoms with Crippen LogP contribution in [0, 0.1) is 0 Å². The van der Waals surface area contributed by atoms with Gasteiger partial charge in [-0.2, -0.15) is 30.7 Å². The van der Waals surface area contributed by atoms with E-state index in [1.807, 2.05) is 0 Å². The van der Waals surface area contributed by atoms with Crippen molar-refractivity contribution in [2.24, 2.45) is 0 Å². The van der Waals surface area contributed by atoms with E-state index in [1.54, 1.807) is 30.3 Å². The molecule has 4 nitrogen and oxygen atoms in total. The van der Waals surface area contributed by atoms with Crippen LogP contribution in [0.2, 0.25) is 0 Å². The zero-order valence-corrected chi connectivity index (χ0v) is 19.2. The maximum Gasteiger partial charge on any atom is 0.461 e. The topological polar surface area (TPSA) is 41.9 Å². The summed E-state index contributed by atoms with van der Waals surface area (Å²) < 4.78 is 101. The second-order valence-corrected chi connectivity index (χ2v) is 8.16. The first kappa shape index (κ1) is 27.5. The molecule has 0 aliphatic carbocycles. The van der Waals surface area contributed by atoms with Crippen LogP contribution in [-0.4, -0.2) is 36.5 Å². The normalized spacial score (nSPS) is 12.9. The standard InChI is InChI=1S/C24H20F7NO3S/c25-22(26)24(30,31)35-19-6-1-3-15(11-19)13-32(14-21(33)23(27,28)29)16-4-2-5-18(12-16)34-17-7-9-20(36)10-8-17/h1-12,21-22,33,36H,13-14H2. The fourth-order valence-corrected chi connectivity index (χ4v) is 3.25. The van der Waals surface area contributed by atoms with Gasteiger partial charge in [-0.1, -0.05) is 18.2 Å². The van der Waals surface area contributed by atoms with Crippen molar-refractivity contribution in [2.75, 3.05) is 11.4 Å². The van der Waals surface area contributed by atoms with E-state index in [0.29, 0.717) is 10.6 Å². The molecule has 1 unspecified atom stereocenters. The Morgan fingerprint density at radius 3 is 2.11 bits per heavy atom. The Bertz CT molecular complexity index is 1140. The summed E-state index contributed by atoms with van der Waals surface area (Å²) >= 11 is 4.18. The predicted molar refractivity (Wildman–Crippen MR) is 121 cm³/mol. The van der Waals surface area contributed by atoms with Gasteiger partial charge in [-0.25, -0.2) is 0 Å². The molecule has 0 aliphatic rings. The lowest BCUT2D eigenvalue weighted by molar-refractivity contribution is -0.253. The zero-order valence-electron chi connectivity index (χ0n) is 18.3. The van der Waals surface area contributed by atoms with Gasteiger partial charge in [0.2, 0.25) is 0 Å². The van der Waals surface area contributed by atoms with E-state index in [0.717, 1.165) is 17.0 Å². The van der Waals surface area contributed by atoms with Crippen LogP contribution in [0.1, 0.15) is 5.56 Å². The van der Waals surface area contributed by atoms with Crippen LogP contribution in [0.4, 0.5) is 36.4 Å². The van der Waals surface area contributed by atoms with E-state index < -0.39 is 37.1 Å². The number of halogens is 7. The van der Waals surface area contributed by atoms with E-state index in [1.165, 1.54) is 30.3 Å². The Morgan fingerprint density at radius 2 is 1.47 bits per heavy atom. The van der Waals surface area contributed by atoms with Crippen LogP contribution < -0.4 is 14.4 Å². The third-order valence-corrected chi connectivity index (χ3v) is 5.10. The van der Waals surface area contributed by atoms with Gasteiger partial charge in [0.25, 0.3) is 0 Å². The fourth-order valence-electron chi connectivity index (χ4n) is 3.10. The molecule has 0 fully saturated rings. The zero-order chi connectivity index (χ0) is 26.5. The molecule has 0 saturated heterocycles. The molecule has 1 N–H and O–H groups in total. The first-order valence-corrected chi connectivity index (χ1v) is 10.8. The van der Waals surface area contributed by atoms with Crippen LogP contribution in [0.3, 0.4) is 0 Å². The highest BCUT2D eigenvalue weighted by molar-refractivity contribution is 7.80. The highest BCUT2D eigenvalue weighted by Gasteiger charge is 2.44. The Labute approximate surface area is 207 Å². The number of thiol groups is 1. The van der Waals surface area contributed by atoms with Crippen LogP contribution in [-0.2, 0) is 6.54 Å². The van der Waals surface area contributed by atoms with E-state index in [9.17, 15) is 35.8 Å². The molecule has 3 aromatic carbocycles. The molecule has 194 valence electrons. The molecule has 0 saturated carbocycles. The first-order valence-electron chi connectivity index (χ1n) is 10.3. The molecule has 3 aromatic rings. The highest BCUT2D eigenvalue weighted by Crippen LogP contribution is 2.31. The molecule has 0 heterocycles. The minimum atomic E-state index is -4.93. The third kappa shape index (κ3) is 7.69. The Hall–Kier alpha value is -3.12. The minimum absolute atomic E-state index is 0.169. The lowest BCUT2D eigenvalue weighted by Gasteiger charge is -2.29. The van der Waals surface area contributed by atoms with E-state index in [-0.39, 0.29) is 23.5 Å². The smallest absolute Gasteiger partial charge is 0.457 e. The third-order valence-electron chi connectivity index (χ3n) is 4.81. The number of hydrogen-bond donors (Lipinski definition) is 2. The number of ether oxygens (including phenoxy) is 2. The number of rotatable bonds is 10. The summed E-state index contributed by atoms with van der Waals surface area (Å²) in [6, 6.07) is 17.3. The number of aliphatic hydroxyl groups is 1. The van der Waals surface area contributed by atoms with E-state index in [2.05, 4.69) is 17.4 Å². The lowest BCUT2D eigenvalue weighted by atomic mass is 10.1. The van der Waals surface area contributed by atoms with Gasteiger partial charge >= 0.3 is 18.7 Å². The van der Waals surface area contributed by atoms with Crippen molar-refractivity contribution in [2.45, 2.75) is 36.3 Å². The van der Waals surface area contributed by atoms with Crippen LogP contribution in [0.5, 0.6) is 17.2 Å². The average Bonchev–Trinajstić information content (AvgIpc) is 2.79. The second kappa shape index (κ2) is 11.3. The van der Waals surface area contributed by atoms with Gasteiger partial charge in [-0.15, -0.1) is 12.6 Å². The number of aliphatic hydroxyl groups excluding tert-OH is 1. The van der Waals surface area contributed by atoms with E-state index >= 15 is 0 Å². The fraction of sp³-hybridized carbons (Fsp3) is 0.250. The van der Waals surface area contributed by atoms with Crippen molar-refractivity contribution in [1.82, 2.24) is 0 Å². The summed E-state index contributed by atoms with van der Waals surface area (Å²) in [5.74, 6) is 0.120. The predicted octanol–water partition coefficient (Wildman–Crippen LogP) is 6.93. The van der Waals surface area contributed by atoms with Gasteiger partial charge in [-0.05, 0) is 54.1 Å². The highest BCUT2D eigenvalue weighted by atomic mass is 32.1. The number of anilines is 1. The minimum Gasteiger partial charge on any atom is -0.457 e. The van der Waals surface area contributed by atoms with Crippen molar-refractivity contribution in [3.05, 3.63) is 78.4 Å². The Kier molecular flexibility index (Phi) is 8.62. The molecule has 0 aliphatic heterocycles. The molecule has 0 amide bonds. The van der Waals surface area contributed by atoms with Crippen LogP contribution >= 0.6 is 12.6 Å². The molecule has 36 heavy (non-hydrogen) atoms. The Balaban J connectivity index is 1.87. The van der Waals surface area contributed by atoms with Gasteiger partial charge in [0.1, 0.15) is 17.2 Å². The number of hydrogen-bond acceptors (Lipinski definition) is 5. The molecular formula is C24H20F7NO3S. The van der Waals surface area contributed by atoms with Crippen LogP contribution in [0.25, 0.3) is 0 Å². The van der Waals surface area contributed by atoms with Crippen molar-refractivity contribution < 1.29 is 45.3 Å². The van der Waals surface area contributed by atoms with E-state index in [4.69, 9.17) is 4.74 Å². The summed E-state index contributed by atoms with van der Waals surface area (Å²) in [5.41, 5.74) is 0.383. The molecular weight excluding hydrogens is 515 g/mol. The SMILES string of the molecule is OC(CN(Cc1cccc(OC(F)(F)C(F)F)c1)c1cccc(Oc2ccc(S)cc2)c1)C(F)(F)F. The molecule has 12 heteroatoms. The second-order valence-electron chi connectivity index (χ2n) is 7.64. The summed E-state index contributed by atoms with van der Waals surface area (Å²) in [6.07, 6.45) is -16.5. The number of alkyl halides is 7. The monoisotopic (exact) mass is 535 g/mol. The van der Waals surface area contributed by atoms with Gasteiger partial charge in [0, 0.05) is 23.2 Å². The van der Waals surface area contributed by atoms with Crippen molar-refractivity contribution in [3.63, 3.8) is 0 Å². The summed E-state index contributed by atoms with van der Waals surface area (Å²) in [7, 11) is 0. The first-order chi connectivity index (χ1) is 16.8. The van der Waals surface area contributed by atoms with Crippen molar-refractivity contribution in [3.8, 4) is 17.2 Å². The van der Waals surface area contributed by atoms with Crippen molar-refractivity contribution >= 4 is 18.3 Å². The molecule has 0 spiro atoms. The molecule has 1 atom stereocenters. The maximum absolute atomic E-state index is 13.3. The van der Waals surface area contributed by atoms with Crippen molar-refractivity contribution in [1.29, 1.82) is 0 Å². The van der Waals surface area contributed by atoms with Gasteiger partial charge < -0.3 is 19.5 Å². The molecule has 0 bridgehead atoms. The van der Waals surface area contributed by atoms with Gasteiger partial charge in [0.15, 0.2) is 6.10 Å². The van der Waals surface area contributed by atoms with Crippen LogP contribution in [0.15, 0.2) is 77.7 Å². The Morgan fingerprint density at radius 1 is 0.833 bits per heavy atom.